The van der Waals surface area contributed by atoms with Crippen molar-refractivity contribution in [3.63, 3.8) is 0 Å². The van der Waals surface area contributed by atoms with Crippen LogP contribution in [0.25, 0.3) is 11.1 Å². The molecule has 2 saturated heterocycles. The van der Waals surface area contributed by atoms with E-state index in [1.54, 1.807) is 19.1 Å². The molecular weight excluding hydrogens is 617 g/mol. The number of aliphatic hydroxyl groups excluding tert-OH is 1. The number of anilines is 2. The second kappa shape index (κ2) is 12.1. The number of hydrogen-bond acceptors (Lipinski definition) is 5. The van der Waals surface area contributed by atoms with E-state index in [2.05, 4.69) is 9.88 Å². The number of alkyl halides is 6. The van der Waals surface area contributed by atoms with Gasteiger partial charge in [-0.25, -0.2) is 9.37 Å². The van der Waals surface area contributed by atoms with Crippen molar-refractivity contribution in [3.05, 3.63) is 76.7 Å². The van der Waals surface area contributed by atoms with Gasteiger partial charge < -0.3 is 14.9 Å². The molecule has 248 valence electrons. The van der Waals surface area contributed by atoms with Gasteiger partial charge in [-0.3, -0.25) is 9.69 Å². The number of carbonyl (C=O) groups is 1. The van der Waals surface area contributed by atoms with Crippen LogP contribution in [0.1, 0.15) is 48.9 Å². The average molecular weight is 653 g/mol. The number of piperazine rings is 1. The van der Waals surface area contributed by atoms with Gasteiger partial charge in [0.25, 0.3) is 0 Å². The molecule has 1 N–H and O–H groups in total. The van der Waals surface area contributed by atoms with Crippen LogP contribution in [0.15, 0.2) is 48.7 Å². The molecule has 0 aliphatic carbocycles. The van der Waals surface area contributed by atoms with Crippen LogP contribution in [0.3, 0.4) is 0 Å². The number of nitrogens with zero attached hydrogens (tertiary/aromatic N) is 4. The predicted molar refractivity (Wildman–Crippen MR) is 160 cm³/mol. The van der Waals surface area contributed by atoms with Crippen molar-refractivity contribution in [1.29, 1.82) is 0 Å². The lowest BCUT2D eigenvalue weighted by Crippen LogP contribution is -2.57. The molecule has 6 nitrogen and oxygen atoms in total. The molecule has 1 aromatic heterocycles. The van der Waals surface area contributed by atoms with Crippen molar-refractivity contribution in [2.45, 2.75) is 63.5 Å². The van der Waals surface area contributed by atoms with Crippen LogP contribution < -0.4 is 9.80 Å². The molecule has 0 unspecified atom stereocenters. The van der Waals surface area contributed by atoms with E-state index in [0.29, 0.717) is 47.7 Å². The third kappa shape index (κ3) is 6.44. The third-order valence-corrected chi connectivity index (χ3v) is 9.15. The number of aliphatic hydroxyl groups is 1. The fourth-order valence-corrected chi connectivity index (χ4v) is 6.56. The molecule has 0 saturated carbocycles. The zero-order chi connectivity index (χ0) is 33.8. The van der Waals surface area contributed by atoms with Gasteiger partial charge in [0, 0.05) is 31.7 Å². The molecule has 3 heterocycles. The average Bonchev–Trinajstić information content (AvgIpc) is 3.47. The second-order valence-electron chi connectivity index (χ2n) is 12.6. The fraction of sp³-hybridized carbons (Fsp3) is 0.455. The quantitative estimate of drug-likeness (QED) is 0.297. The molecule has 0 radical (unpaired) electrons. The number of aryl methyl sites for hydroxylation is 1. The maximum absolute atomic E-state index is 14.1. The highest BCUT2D eigenvalue weighted by molar-refractivity contribution is 6.03. The molecule has 5 rings (SSSR count). The second-order valence-corrected chi connectivity index (χ2v) is 12.6. The maximum Gasteiger partial charge on any atom is 0.416 e. The summed E-state index contributed by atoms with van der Waals surface area (Å²) >= 11 is 0. The molecule has 2 aliphatic rings. The van der Waals surface area contributed by atoms with Gasteiger partial charge in [0.15, 0.2) is 0 Å². The highest BCUT2D eigenvalue weighted by Gasteiger charge is 2.42. The van der Waals surface area contributed by atoms with Crippen molar-refractivity contribution in [2.24, 2.45) is 0 Å². The SMILES string of the molecule is Cc1cc(F)ccc1-c1cc(N2C[C@@H](CO)N3CCC[C@H]3C2)ncc1N(C)C(=O)C(C)(C)c1cc(C(F)(F)F)cc(C(F)(F)F)c1. The molecular formula is C33H35F7N4O2. The van der Waals surface area contributed by atoms with E-state index >= 15 is 0 Å². The van der Waals surface area contributed by atoms with Gasteiger partial charge in [-0.1, -0.05) is 6.07 Å². The number of fused-ring (bicyclic) bond motifs is 1. The number of pyridine rings is 1. The highest BCUT2D eigenvalue weighted by atomic mass is 19.4. The lowest BCUT2D eigenvalue weighted by Gasteiger charge is -2.43. The van der Waals surface area contributed by atoms with Crippen LogP contribution in [0.2, 0.25) is 0 Å². The zero-order valence-electron chi connectivity index (χ0n) is 25.8. The summed E-state index contributed by atoms with van der Waals surface area (Å²) in [6.45, 7) is 6.24. The lowest BCUT2D eigenvalue weighted by molar-refractivity contribution is -0.143. The van der Waals surface area contributed by atoms with Crippen molar-refractivity contribution in [1.82, 2.24) is 9.88 Å². The molecule has 2 atom stereocenters. The first-order valence-corrected chi connectivity index (χ1v) is 14.9. The molecule has 3 aromatic rings. The highest BCUT2D eigenvalue weighted by Crippen LogP contribution is 2.41. The maximum atomic E-state index is 14.1. The van der Waals surface area contributed by atoms with E-state index in [0.717, 1.165) is 24.3 Å². The number of benzene rings is 2. The third-order valence-electron chi connectivity index (χ3n) is 9.15. The summed E-state index contributed by atoms with van der Waals surface area (Å²) in [5.41, 5.74) is -3.51. The Morgan fingerprint density at radius 2 is 1.59 bits per heavy atom. The van der Waals surface area contributed by atoms with E-state index in [1.807, 2.05) is 4.90 Å². The molecule has 2 fully saturated rings. The first kappa shape index (κ1) is 33.6. The van der Waals surface area contributed by atoms with Crippen LogP contribution in [0.5, 0.6) is 0 Å². The number of hydrogen-bond donors (Lipinski definition) is 1. The summed E-state index contributed by atoms with van der Waals surface area (Å²) in [7, 11) is 1.38. The minimum atomic E-state index is -5.08. The first-order chi connectivity index (χ1) is 21.4. The summed E-state index contributed by atoms with van der Waals surface area (Å²) in [6.07, 6.45) is -6.74. The largest absolute Gasteiger partial charge is 0.416 e. The Kier molecular flexibility index (Phi) is 8.88. The number of rotatable bonds is 6. The summed E-state index contributed by atoms with van der Waals surface area (Å²) in [5, 5.41) is 10.1. The monoisotopic (exact) mass is 652 g/mol. The van der Waals surface area contributed by atoms with Crippen LogP contribution in [0.4, 0.5) is 42.2 Å². The smallest absolute Gasteiger partial charge is 0.395 e. The van der Waals surface area contributed by atoms with Crippen LogP contribution in [0, 0.1) is 12.7 Å². The topological polar surface area (TPSA) is 59.9 Å². The van der Waals surface area contributed by atoms with Gasteiger partial charge in [-0.15, -0.1) is 0 Å². The van der Waals surface area contributed by atoms with Crippen molar-refractivity contribution in [2.75, 3.05) is 43.1 Å². The number of likely N-dealkylation sites (N-methyl/N-ethyl adjacent to an activating group) is 1. The molecule has 0 spiro atoms. The van der Waals surface area contributed by atoms with Crippen molar-refractivity contribution < 1.29 is 40.6 Å². The normalized spacial score (nSPS) is 19.3. The Labute approximate surface area is 262 Å². The zero-order valence-corrected chi connectivity index (χ0v) is 25.8. The lowest BCUT2D eigenvalue weighted by atomic mass is 9.81. The molecule has 0 bridgehead atoms. The summed E-state index contributed by atoms with van der Waals surface area (Å²) in [6, 6.07) is 7.16. The van der Waals surface area contributed by atoms with Crippen molar-refractivity contribution >= 4 is 17.4 Å². The van der Waals surface area contributed by atoms with E-state index in [1.165, 1.54) is 39.2 Å². The summed E-state index contributed by atoms with van der Waals surface area (Å²) < 4.78 is 96.0. The van der Waals surface area contributed by atoms with E-state index < -0.39 is 46.2 Å². The first-order valence-electron chi connectivity index (χ1n) is 14.9. The van der Waals surface area contributed by atoms with Gasteiger partial charge in [0.1, 0.15) is 11.6 Å². The molecule has 1 amide bonds. The molecule has 2 aromatic carbocycles. The molecule has 2 aliphatic heterocycles. The minimum Gasteiger partial charge on any atom is -0.395 e. The fourth-order valence-electron chi connectivity index (χ4n) is 6.56. The summed E-state index contributed by atoms with van der Waals surface area (Å²) in [5.74, 6) is -0.702. The predicted octanol–water partition coefficient (Wildman–Crippen LogP) is 6.82. The molecule has 13 heteroatoms. The Hall–Kier alpha value is -3.71. The van der Waals surface area contributed by atoms with E-state index in [9.17, 15) is 40.6 Å². The van der Waals surface area contributed by atoms with Crippen LogP contribution >= 0.6 is 0 Å². The van der Waals surface area contributed by atoms with Gasteiger partial charge in [-0.2, -0.15) is 26.3 Å². The van der Waals surface area contributed by atoms with Gasteiger partial charge in [0.2, 0.25) is 5.91 Å². The Morgan fingerprint density at radius 1 is 0.957 bits per heavy atom. The number of amides is 1. The van der Waals surface area contributed by atoms with Crippen LogP contribution in [-0.4, -0.2) is 66.3 Å². The number of aromatic nitrogens is 1. The van der Waals surface area contributed by atoms with E-state index in [-0.39, 0.29) is 30.4 Å². The molecule has 46 heavy (non-hydrogen) atoms. The van der Waals surface area contributed by atoms with Crippen molar-refractivity contribution in [3.8, 4) is 11.1 Å². The standard InChI is InChI=1S/C33H35F7N4O2/c1-19-10-23(34)7-8-26(19)27-14-29(43-16-24-6-5-9-44(24)25(17-43)18-45)41-15-28(27)42(4)30(46)31(2,3)20-11-21(32(35,36)37)13-22(12-20)33(38,39)40/h7-8,10-15,24-25,45H,5-6,9,16-18H2,1-4H3/t24-,25-/m0/s1. The van der Waals surface area contributed by atoms with Gasteiger partial charge in [-0.05, 0) is 93.2 Å². The Morgan fingerprint density at radius 3 is 2.17 bits per heavy atom. The van der Waals surface area contributed by atoms with E-state index in [4.69, 9.17) is 0 Å². The Bertz CT molecular complexity index is 1590. The van der Waals surface area contributed by atoms with Crippen LogP contribution in [-0.2, 0) is 22.6 Å². The number of carbonyl (C=O) groups excluding carboxylic acids is 1. The van der Waals surface area contributed by atoms with Gasteiger partial charge >= 0.3 is 12.4 Å². The number of halogens is 7. The minimum absolute atomic E-state index is 0.0264. The Balaban J connectivity index is 1.58. The van der Waals surface area contributed by atoms with Gasteiger partial charge in [0.05, 0.1) is 41.1 Å². The summed E-state index contributed by atoms with van der Waals surface area (Å²) in [4.78, 5) is 24.2.